The van der Waals surface area contributed by atoms with E-state index in [-0.39, 0.29) is 6.42 Å². The summed E-state index contributed by atoms with van der Waals surface area (Å²) in [6.45, 7) is 3.79. The van der Waals surface area contributed by atoms with Crippen molar-refractivity contribution in [3.05, 3.63) is 35.6 Å². The first-order valence-corrected chi connectivity index (χ1v) is 6.45. The van der Waals surface area contributed by atoms with E-state index in [0.717, 1.165) is 16.3 Å². The van der Waals surface area contributed by atoms with E-state index in [1.165, 1.54) is 11.3 Å². The molecule has 0 aliphatic heterocycles. The van der Waals surface area contributed by atoms with Crippen LogP contribution in [0.4, 0.5) is 0 Å². The molecule has 18 heavy (non-hydrogen) atoms. The second-order valence-electron chi connectivity index (χ2n) is 4.73. The van der Waals surface area contributed by atoms with E-state index in [0.29, 0.717) is 0 Å². The van der Waals surface area contributed by atoms with Crippen LogP contribution in [0.15, 0.2) is 29.9 Å². The van der Waals surface area contributed by atoms with Gasteiger partial charge >= 0.3 is 5.97 Å². The number of aliphatic carboxylic acids is 1. The van der Waals surface area contributed by atoms with E-state index in [1.54, 1.807) is 12.4 Å². The molecule has 0 spiro atoms. The summed E-state index contributed by atoms with van der Waals surface area (Å²) >= 11 is 1.52. The van der Waals surface area contributed by atoms with E-state index in [4.69, 9.17) is 5.11 Å². The molecule has 0 saturated carbocycles. The zero-order chi connectivity index (χ0) is 13.2. The molecule has 0 unspecified atom stereocenters. The van der Waals surface area contributed by atoms with E-state index < -0.39 is 11.4 Å². The van der Waals surface area contributed by atoms with Crippen LogP contribution in [0.5, 0.6) is 0 Å². The normalized spacial score (nSPS) is 11.4. The van der Waals surface area contributed by atoms with Crippen LogP contribution in [0.2, 0.25) is 0 Å². The highest BCUT2D eigenvalue weighted by molar-refractivity contribution is 7.13. The van der Waals surface area contributed by atoms with Crippen molar-refractivity contribution in [1.82, 2.24) is 9.97 Å². The van der Waals surface area contributed by atoms with Gasteiger partial charge in [-0.2, -0.15) is 0 Å². The molecule has 0 aromatic carbocycles. The number of carboxylic acids is 1. The number of hydrogen-bond donors (Lipinski definition) is 1. The van der Waals surface area contributed by atoms with Crippen molar-refractivity contribution in [2.24, 2.45) is 0 Å². The molecule has 2 rings (SSSR count). The standard InChI is InChI=1S/C13H14N2O2S/c1-13(2,7-11(16)17)10-8-18-12(15-10)9-3-5-14-6-4-9/h3-6,8H,7H2,1-2H3,(H,16,17). The molecule has 5 heteroatoms. The molecule has 0 fully saturated rings. The van der Waals surface area contributed by atoms with Crippen molar-refractivity contribution in [2.75, 3.05) is 0 Å². The Morgan fingerprint density at radius 2 is 2.06 bits per heavy atom. The van der Waals surface area contributed by atoms with Crippen LogP contribution in [0, 0.1) is 0 Å². The highest BCUT2D eigenvalue weighted by Crippen LogP contribution is 2.31. The van der Waals surface area contributed by atoms with Gasteiger partial charge in [-0.05, 0) is 12.1 Å². The minimum Gasteiger partial charge on any atom is -0.481 e. The Morgan fingerprint density at radius 1 is 1.39 bits per heavy atom. The number of pyridine rings is 1. The largest absolute Gasteiger partial charge is 0.481 e. The number of rotatable bonds is 4. The van der Waals surface area contributed by atoms with Crippen LogP contribution in [-0.4, -0.2) is 21.0 Å². The molecule has 0 atom stereocenters. The van der Waals surface area contributed by atoms with Gasteiger partial charge < -0.3 is 5.11 Å². The number of nitrogens with zero attached hydrogens (tertiary/aromatic N) is 2. The van der Waals surface area contributed by atoms with Gasteiger partial charge in [-0.25, -0.2) is 4.98 Å². The summed E-state index contributed by atoms with van der Waals surface area (Å²) in [5.41, 5.74) is 1.38. The number of aromatic nitrogens is 2. The first kappa shape index (κ1) is 12.7. The van der Waals surface area contributed by atoms with Gasteiger partial charge in [0.15, 0.2) is 0 Å². The molecule has 2 aromatic heterocycles. The first-order chi connectivity index (χ1) is 8.49. The van der Waals surface area contributed by atoms with Gasteiger partial charge in [-0.15, -0.1) is 11.3 Å². The zero-order valence-electron chi connectivity index (χ0n) is 10.3. The van der Waals surface area contributed by atoms with E-state index in [1.807, 2.05) is 31.4 Å². The van der Waals surface area contributed by atoms with Crippen LogP contribution >= 0.6 is 11.3 Å². The summed E-state index contributed by atoms with van der Waals surface area (Å²) < 4.78 is 0. The Bertz CT molecular complexity index is 549. The van der Waals surface area contributed by atoms with Crippen LogP contribution in [0.25, 0.3) is 10.6 Å². The highest BCUT2D eigenvalue weighted by Gasteiger charge is 2.27. The van der Waals surface area contributed by atoms with Crippen molar-refractivity contribution in [1.29, 1.82) is 0 Å². The van der Waals surface area contributed by atoms with Crippen molar-refractivity contribution in [2.45, 2.75) is 25.7 Å². The highest BCUT2D eigenvalue weighted by atomic mass is 32.1. The zero-order valence-corrected chi connectivity index (χ0v) is 11.1. The fourth-order valence-corrected chi connectivity index (χ4v) is 2.70. The van der Waals surface area contributed by atoms with Gasteiger partial charge in [0, 0.05) is 28.8 Å². The van der Waals surface area contributed by atoms with Crippen molar-refractivity contribution in [3.8, 4) is 10.6 Å². The van der Waals surface area contributed by atoms with Crippen LogP contribution < -0.4 is 0 Å². The fourth-order valence-electron chi connectivity index (χ4n) is 1.68. The molecule has 0 bridgehead atoms. The van der Waals surface area contributed by atoms with Crippen LogP contribution in [-0.2, 0) is 10.2 Å². The van der Waals surface area contributed by atoms with Crippen LogP contribution in [0.3, 0.4) is 0 Å². The molecule has 0 aliphatic carbocycles. The molecule has 4 nitrogen and oxygen atoms in total. The van der Waals surface area contributed by atoms with E-state index in [9.17, 15) is 4.79 Å². The van der Waals surface area contributed by atoms with Gasteiger partial charge in [0.25, 0.3) is 0 Å². The topological polar surface area (TPSA) is 63.1 Å². The number of hydrogen-bond acceptors (Lipinski definition) is 4. The molecule has 0 amide bonds. The van der Waals surface area contributed by atoms with Gasteiger partial charge in [0.1, 0.15) is 5.01 Å². The first-order valence-electron chi connectivity index (χ1n) is 5.57. The molecule has 2 heterocycles. The molecular weight excluding hydrogens is 248 g/mol. The number of carbonyl (C=O) groups is 1. The van der Waals surface area contributed by atoms with Crippen molar-refractivity contribution < 1.29 is 9.90 Å². The van der Waals surface area contributed by atoms with E-state index >= 15 is 0 Å². The monoisotopic (exact) mass is 262 g/mol. The maximum Gasteiger partial charge on any atom is 0.304 e. The second kappa shape index (κ2) is 4.86. The Balaban J connectivity index is 2.28. The van der Waals surface area contributed by atoms with Gasteiger partial charge in [-0.3, -0.25) is 9.78 Å². The predicted molar refractivity (Wildman–Crippen MR) is 70.6 cm³/mol. The predicted octanol–water partition coefficient (Wildman–Crippen LogP) is 2.96. The van der Waals surface area contributed by atoms with Gasteiger partial charge in [-0.1, -0.05) is 13.8 Å². The Labute approximate surface area is 109 Å². The molecule has 94 valence electrons. The Kier molecular flexibility index (Phi) is 3.43. The average molecular weight is 262 g/mol. The maximum absolute atomic E-state index is 10.8. The molecular formula is C13H14N2O2S. The molecule has 2 aromatic rings. The van der Waals surface area contributed by atoms with Crippen LogP contribution in [0.1, 0.15) is 26.0 Å². The minimum absolute atomic E-state index is 0.0759. The lowest BCUT2D eigenvalue weighted by Crippen LogP contribution is -2.22. The smallest absolute Gasteiger partial charge is 0.304 e. The summed E-state index contributed by atoms with van der Waals surface area (Å²) in [6, 6.07) is 3.79. The lowest BCUT2D eigenvalue weighted by Gasteiger charge is -2.19. The third-order valence-electron chi connectivity index (χ3n) is 2.72. The SMILES string of the molecule is CC(C)(CC(=O)O)c1csc(-c2ccncc2)n1. The second-order valence-corrected chi connectivity index (χ2v) is 5.59. The summed E-state index contributed by atoms with van der Waals surface area (Å²) in [6.07, 6.45) is 3.52. The Morgan fingerprint density at radius 3 is 2.67 bits per heavy atom. The fraction of sp³-hybridized carbons (Fsp3) is 0.308. The Hall–Kier alpha value is -1.75. The molecule has 0 radical (unpaired) electrons. The quantitative estimate of drug-likeness (QED) is 0.920. The maximum atomic E-state index is 10.8. The third kappa shape index (κ3) is 2.73. The average Bonchev–Trinajstić information content (AvgIpc) is 2.78. The van der Waals surface area contributed by atoms with Gasteiger partial charge in [0.2, 0.25) is 0 Å². The molecule has 1 N–H and O–H groups in total. The summed E-state index contributed by atoms with van der Waals surface area (Å²) in [4.78, 5) is 19.3. The lowest BCUT2D eigenvalue weighted by molar-refractivity contribution is -0.138. The van der Waals surface area contributed by atoms with Gasteiger partial charge in [0.05, 0.1) is 12.1 Å². The summed E-state index contributed by atoms with van der Waals surface area (Å²) in [7, 11) is 0. The number of carboxylic acid groups (broad SMARTS) is 1. The van der Waals surface area contributed by atoms with Crippen molar-refractivity contribution in [3.63, 3.8) is 0 Å². The summed E-state index contributed by atoms with van der Waals surface area (Å²) in [5, 5.41) is 11.7. The van der Waals surface area contributed by atoms with Crippen molar-refractivity contribution >= 4 is 17.3 Å². The third-order valence-corrected chi connectivity index (χ3v) is 3.61. The minimum atomic E-state index is -0.807. The summed E-state index contributed by atoms with van der Waals surface area (Å²) in [5.74, 6) is -0.807. The number of thiazole rings is 1. The molecule has 0 saturated heterocycles. The molecule has 0 aliphatic rings. The van der Waals surface area contributed by atoms with E-state index in [2.05, 4.69) is 9.97 Å². The lowest BCUT2D eigenvalue weighted by atomic mass is 9.86.